The largest absolute Gasteiger partial charge is 0.347 e. The number of carbonyl (C=O) groups excluding carboxylic acids is 6. The number of carbonyl (C=O) groups is 6. The topological polar surface area (TPSA) is 304 Å². The van der Waals surface area contributed by atoms with Crippen LogP contribution in [0.4, 0.5) is 5.69 Å². The molecule has 0 radical (unpaired) electrons. The van der Waals surface area contributed by atoms with Crippen molar-refractivity contribution >= 4 is 146 Å². The van der Waals surface area contributed by atoms with Crippen molar-refractivity contribution in [3.05, 3.63) is 273 Å². The van der Waals surface area contributed by atoms with Crippen LogP contribution in [0.5, 0.6) is 0 Å². The Morgan fingerprint density at radius 3 is 1.01 bits per heavy atom. The first kappa shape index (κ1) is 77.6. The maximum Gasteiger partial charge on any atom is 0.269 e. The Labute approximate surface area is 628 Å². The Kier molecular flexibility index (Phi) is 26.6. The summed E-state index contributed by atoms with van der Waals surface area (Å²) in [5.74, 6) is -1.36. The lowest BCUT2D eigenvalue weighted by Crippen LogP contribution is -2.50. The first-order chi connectivity index (χ1) is 49.8. The summed E-state index contributed by atoms with van der Waals surface area (Å²) in [6, 6.07) is 53.0. The van der Waals surface area contributed by atoms with Gasteiger partial charge in [-0.2, -0.15) is 12.9 Å². The van der Waals surface area contributed by atoms with Crippen LogP contribution in [0.1, 0.15) is 72.0 Å². The molecule has 33 heteroatoms. The van der Waals surface area contributed by atoms with Crippen molar-refractivity contribution < 1.29 is 58.9 Å². The molecular formula is C71H67Cl3N10O14S6. The molecule has 0 spiro atoms. The average Bonchev–Trinajstić information content (AvgIpc) is 1.57. The van der Waals surface area contributed by atoms with E-state index < -0.39 is 35.0 Å². The number of halogens is 3. The fraction of sp³-hybridized carbons (Fsp3) is 0.211. The zero-order valence-electron chi connectivity index (χ0n) is 55.2. The lowest BCUT2D eigenvalue weighted by molar-refractivity contribution is -0.384. The third-order valence-corrected chi connectivity index (χ3v) is 27.6. The number of hydrogen-bond donors (Lipinski definition) is 3. The van der Waals surface area contributed by atoms with Crippen LogP contribution in [0.15, 0.2) is 213 Å². The lowest BCUT2D eigenvalue weighted by atomic mass is 10.1. The fourth-order valence-electron chi connectivity index (χ4n) is 10.7. The number of non-ortho nitro benzene ring substituents is 1. The standard InChI is InChI=1S/C25H24ClN3O4S2.C23H21ClN4O6S2.C23H22ClN3O4S2/c26-21-9-7-20(8-10-21)25(31)27-18-22-11-13-24(34-22)35(32,33)29-16-14-28(15-17-29)23(30)12-6-19-4-2-1-3-5-19;24-18-5-1-16(2-6-18)22(29)25-15-20-9-10-21(35-20)36(33,34)27-13-11-26(12-14-27)23(30)17-3-7-19(8-4-17)28(31)32;24-19-8-6-17(7-9-19)22(28)25-16-20-10-11-21(32-20)33(30,31)27-14-12-26(13-15-27)23(29)18-4-2-1-3-5-18/h1-13H,14-18H2,(H,27,31);1-10H,11-15H2,(H,25,29);1-11H,12-16H2,(H,25,28). The molecule has 3 aliphatic heterocycles. The quantitative estimate of drug-likeness (QED) is 0.0363. The molecule has 9 aromatic rings. The molecule has 3 fully saturated rings. The average molecular weight is 1580 g/mol. The number of thiophene rings is 3. The molecule has 0 bridgehead atoms. The molecule has 0 atom stereocenters. The Bertz CT molecular complexity index is 4920. The normalized spacial score (nSPS) is 14.7. The SMILES string of the molecule is O=C(NCc1ccc(S(=O)(=O)N2CCN(C(=O)C=Cc3ccccc3)CC2)s1)c1ccc(Cl)cc1.O=C(NCc1ccc(S(=O)(=O)N2CCN(C(=O)c3ccc([N+](=O)[O-])cc3)CC2)s1)c1ccc(Cl)cc1.O=C(NCc1ccc(S(=O)(=O)N2CCN(C(=O)c3ccccc3)CC2)s1)c1ccc(Cl)cc1. The predicted octanol–water partition coefficient (Wildman–Crippen LogP) is 10.7. The van der Waals surface area contributed by atoms with Crippen LogP contribution in [-0.4, -0.2) is 172 Å². The Morgan fingerprint density at radius 2 is 0.683 bits per heavy atom. The molecular weight excluding hydrogens is 1520 g/mol. The molecule has 104 heavy (non-hydrogen) atoms. The molecule has 3 saturated heterocycles. The van der Waals surface area contributed by atoms with Crippen molar-refractivity contribution in [2.45, 2.75) is 32.3 Å². The van der Waals surface area contributed by atoms with Crippen LogP contribution in [0.2, 0.25) is 15.1 Å². The van der Waals surface area contributed by atoms with Crippen molar-refractivity contribution in [2.75, 3.05) is 78.5 Å². The van der Waals surface area contributed by atoms with Gasteiger partial charge in [-0.05, 0) is 145 Å². The van der Waals surface area contributed by atoms with Gasteiger partial charge in [0.1, 0.15) is 12.6 Å². The number of nitrogens with zero attached hydrogens (tertiary/aromatic N) is 7. The van der Waals surface area contributed by atoms with E-state index in [1.54, 1.807) is 143 Å². The van der Waals surface area contributed by atoms with Gasteiger partial charge >= 0.3 is 0 Å². The van der Waals surface area contributed by atoms with Gasteiger partial charge in [-0.15, -0.1) is 34.0 Å². The van der Waals surface area contributed by atoms with E-state index in [0.717, 1.165) is 49.3 Å². The zero-order chi connectivity index (χ0) is 74.1. The highest BCUT2D eigenvalue weighted by molar-refractivity contribution is 7.92. The minimum atomic E-state index is -3.75. The van der Waals surface area contributed by atoms with Crippen LogP contribution < -0.4 is 16.0 Å². The van der Waals surface area contributed by atoms with E-state index in [1.807, 2.05) is 36.4 Å². The minimum absolute atomic E-state index is 0.0949. The summed E-state index contributed by atoms with van der Waals surface area (Å²) in [6.45, 7) is 3.53. The first-order valence-electron chi connectivity index (χ1n) is 32.1. The third kappa shape index (κ3) is 20.5. The van der Waals surface area contributed by atoms with Gasteiger partial charge < -0.3 is 30.7 Å². The summed E-state index contributed by atoms with van der Waals surface area (Å²) in [4.78, 5) is 91.8. The van der Waals surface area contributed by atoms with Crippen LogP contribution >= 0.6 is 68.8 Å². The number of sulfonamides is 3. The summed E-state index contributed by atoms with van der Waals surface area (Å²) in [5.41, 5.74) is 3.13. The molecule has 0 unspecified atom stereocenters. The number of benzene rings is 6. The van der Waals surface area contributed by atoms with Crippen molar-refractivity contribution in [1.82, 2.24) is 43.6 Å². The number of rotatable bonds is 20. The van der Waals surface area contributed by atoms with E-state index in [-0.39, 0.29) is 126 Å². The Hall–Kier alpha value is -9.02. The lowest BCUT2D eigenvalue weighted by Gasteiger charge is -2.33. The monoisotopic (exact) mass is 1580 g/mol. The van der Waals surface area contributed by atoms with Crippen LogP contribution in [-0.2, 0) is 54.5 Å². The second-order valence-corrected chi connectivity index (χ2v) is 34.6. The smallest absolute Gasteiger partial charge is 0.269 e. The summed E-state index contributed by atoms with van der Waals surface area (Å²) >= 11 is 20.9. The second-order valence-electron chi connectivity index (χ2n) is 23.3. The number of nitro benzene ring substituents is 1. The molecule has 3 aliphatic rings. The molecule has 6 aromatic carbocycles. The van der Waals surface area contributed by atoms with Crippen molar-refractivity contribution in [3.8, 4) is 0 Å². The second kappa shape index (κ2) is 35.6. The summed E-state index contributed by atoms with van der Waals surface area (Å²) in [7, 11) is -11.1. The Balaban J connectivity index is 0.000000168. The number of amides is 6. The van der Waals surface area contributed by atoms with Gasteiger partial charge in [-0.25, -0.2) is 25.3 Å². The predicted molar refractivity (Wildman–Crippen MR) is 401 cm³/mol. The highest BCUT2D eigenvalue weighted by Crippen LogP contribution is 2.30. The van der Waals surface area contributed by atoms with Gasteiger partial charge in [0.25, 0.3) is 65.3 Å². The molecule has 0 aliphatic carbocycles. The molecule has 12 rings (SSSR count). The van der Waals surface area contributed by atoms with Crippen LogP contribution in [0.25, 0.3) is 6.08 Å². The number of hydrogen-bond acceptors (Lipinski definition) is 17. The first-order valence-corrected chi connectivity index (χ1v) is 40.0. The van der Waals surface area contributed by atoms with Gasteiger partial charge in [0, 0.05) is 154 Å². The number of nitro groups is 1. The fourth-order valence-corrected chi connectivity index (χ4v) is 19.7. The molecule has 0 saturated carbocycles. The van der Waals surface area contributed by atoms with E-state index in [2.05, 4.69) is 16.0 Å². The van der Waals surface area contributed by atoms with Gasteiger partial charge in [0.05, 0.1) is 24.6 Å². The summed E-state index contributed by atoms with van der Waals surface area (Å²) < 4.78 is 83.3. The maximum absolute atomic E-state index is 13.1. The van der Waals surface area contributed by atoms with Crippen molar-refractivity contribution in [3.63, 3.8) is 0 Å². The van der Waals surface area contributed by atoms with Crippen LogP contribution in [0, 0.1) is 10.1 Å². The minimum Gasteiger partial charge on any atom is -0.347 e. The molecule has 3 N–H and O–H groups in total. The Morgan fingerprint density at radius 1 is 0.385 bits per heavy atom. The highest BCUT2D eigenvalue weighted by atomic mass is 35.5. The molecule has 6 heterocycles. The number of piperazine rings is 3. The van der Waals surface area contributed by atoms with Gasteiger partial charge in [0.15, 0.2) is 0 Å². The maximum atomic E-state index is 13.1. The van der Waals surface area contributed by atoms with Crippen molar-refractivity contribution in [2.24, 2.45) is 0 Å². The van der Waals surface area contributed by atoms with E-state index in [4.69, 9.17) is 34.8 Å². The van der Waals surface area contributed by atoms with Gasteiger partial charge in [-0.1, -0.05) is 83.3 Å². The zero-order valence-corrected chi connectivity index (χ0v) is 62.3. The summed E-state index contributed by atoms with van der Waals surface area (Å²) in [6.07, 6.45) is 3.27. The number of nitrogens with one attached hydrogen (secondary N) is 3. The summed E-state index contributed by atoms with van der Waals surface area (Å²) in [5, 5.41) is 20.7. The molecule has 542 valence electrons. The highest BCUT2D eigenvalue weighted by Gasteiger charge is 2.35. The molecule has 24 nitrogen and oxygen atoms in total. The van der Waals surface area contributed by atoms with Crippen molar-refractivity contribution in [1.29, 1.82) is 0 Å². The van der Waals surface area contributed by atoms with Gasteiger partial charge in [-0.3, -0.25) is 38.9 Å². The van der Waals surface area contributed by atoms with E-state index in [9.17, 15) is 64.1 Å². The van der Waals surface area contributed by atoms with E-state index in [1.165, 1.54) is 54.2 Å². The molecule has 3 aromatic heterocycles. The van der Waals surface area contributed by atoms with E-state index >= 15 is 0 Å². The van der Waals surface area contributed by atoms with Crippen LogP contribution in [0.3, 0.4) is 0 Å². The third-order valence-electron chi connectivity index (χ3n) is 16.4. The van der Waals surface area contributed by atoms with Gasteiger partial charge in [0.2, 0.25) is 5.91 Å². The molecule has 6 amide bonds. The van der Waals surface area contributed by atoms with E-state index in [0.29, 0.717) is 73.9 Å².